The van der Waals surface area contributed by atoms with Gasteiger partial charge < -0.3 is 19.5 Å². The largest absolute Gasteiger partial charge is 0.467 e. The number of amides is 1. The first kappa shape index (κ1) is 21.5. The fraction of sp³-hybridized carbons (Fsp3) is 0.682. The molecule has 0 unspecified atom stereocenters. The van der Waals surface area contributed by atoms with Crippen LogP contribution in [0.1, 0.15) is 68.8 Å². The van der Waals surface area contributed by atoms with E-state index in [9.17, 15) is 10.1 Å². The highest BCUT2D eigenvalue weighted by atomic mass is 16.5. The molecule has 3 rings (SSSR count). The summed E-state index contributed by atoms with van der Waals surface area (Å²) in [6.07, 6.45) is 5.54. The Morgan fingerprint density at radius 2 is 2.24 bits per heavy atom. The van der Waals surface area contributed by atoms with E-state index in [4.69, 9.17) is 14.2 Å². The maximum absolute atomic E-state index is 12.2. The minimum Gasteiger partial charge on any atom is -0.467 e. The lowest BCUT2D eigenvalue weighted by molar-refractivity contribution is -0.123. The van der Waals surface area contributed by atoms with Gasteiger partial charge in [-0.05, 0) is 45.1 Å². The van der Waals surface area contributed by atoms with E-state index in [2.05, 4.69) is 23.3 Å². The molecule has 2 aliphatic heterocycles. The summed E-state index contributed by atoms with van der Waals surface area (Å²) in [4.78, 5) is 16.8. The van der Waals surface area contributed by atoms with Gasteiger partial charge in [0.05, 0.1) is 24.0 Å². The average Bonchev–Trinajstić information content (AvgIpc) is 3.21. The van der Waals surface area contributed by atoms with Crippen LogP contribution < -0.4 is 10.1 Å². The van der Waals surface area contributed by atoms with E-state index in [1.165, 1.54) is 0 Å². The lowest BCUT2D eigenvalue weighted by Gasteiger charge is -2.33. The molecule has 2 aliphatic rings. The number of nitrogens with one attached hydrogen (secondary N) is 1. The molecule has 0 aliphatic carbocycles. The van der Waals surface area contributed by atoms with Crippen LogP contribution in [0.4, 0.5) is 0 Å². The van der Waals surface area contributed by atoms with E-state index in [0.717, 1.165) is 55.5 Å². The van der Waals surface area contributed by atoms with Gasteiger partial charge >= 0.3 is 0 Å². The number of hydrogen-bond donors (Lipinski definition) is 1. The number of nitriles is 1. The van der Waals surface area contributed by atoms with Crippen molar-refractivity contribution < 1.29 is 19.0 Å². The smallest absolute Gasteiger partial charge is 0.258 e. The third kappa shape index (κ3) is 5.46. The predicted molar refractivity (Wildman–Crippen MR) is 108 cm³/mol. The summed E-state index contributed by atoms with van der Waals surface area (Å²) in [5, 5.41) is 12.6. The van der Waals surface area contributed by atoms with Crippen molar-refractivity contribution in [3.05, 3.63) is 22.4 Å². The standard InChI is InChI=1S/C22H31N3O4/c1-4-5-8-19-18-13-29-22(2,3)10-16(18)17(11-23)21(25-19)28-14-20(26)24-12-15-7-6-9-27-15/h15H,4-10,12-14H2,1-3H3,(H,24,26)/t15-/m1/s1. The number of hydrogen-bond acceptors (Lipinski definition) is 6. The van der Waals surface area contributed by atoms with E-state index >= 15 is 0 Å². The number of unbranched alkanes of at least 4 members (excludes halogenated alkanes) is 1. The van der Waals surface area contributed by atoms with Crippen molar-refractivity contribution in [3.63, 3.8) is 0 Å². The number of aryl methyl sites for hydroxylation is 1. The predicted octanol–water partition coefficient (Wildman–Crippen LogP) is 2.82. The number of fused-ring (bicyclic) bond motifs is 1. The van der Waals surface area contributed by atoms with Crippen LogP contribution in [0.3, 0.4) is 0 Å². The maximum Gasteiger partial charge on any atom is 0.258 e. The quantitative estimate of drug-likeness (QED) is 0.720. The highest BCUT2D eigenvalue weighted by Crippen LogP contribution is 2.35. The second kappa shape index (κ2) is 9.55. The van der Waals surface area contributed by atoms with Crippen molar-refractivity contribution in [2.75, 3.05) is 19.8 Å². The van der Waals surface area contributed by atoms with Crippen LogP contribution in [0, 0.1) is 11.3 Å². The topological polar surface area (TPSA) is 93.5 Å². The molecule has 3 heterocycles. The number of carbonyl (C=O) groups excluding carboxylic acids is 1. The van der Waals surface area contributed by atoms with Crippen molar-refractivity contribution in [1.29, 1.82) is 5.26 Å². The molecule has 158 valence electrons. The van der Waals surface area contributed by atoms with Gasteiger partial charge in [-0.1, -0.05) is 13.3 Å². The molecule has 1 saturated heterocycles. The summed E-state index contributed by atoms with van der Waals surface area (Å²) < 4.78 is 17.2. The van der Waals surface area contributed by atoms with Gasteiger partial charge in [0.15, 0.2) is 6.61 Å². The Kier molecular flexibility index (Phi) is 7.09. The van der Waals surface area contributed by atoms with Gasteiger partial charge in [0.1, 0.15) is 11.6 Å². The fourth-order valence-corrected chi connectivity index (χ4v) is 3.80. The van der Waals surface area contributed by atoms with Gasteiger partial charge in [0.2, 0.25) is 5.88 Å². The molecule has 1 atom stereocenters. The molecular formula is C22H31N3O4. The molecule has 1 aromatic heterocycles. The first-order chi connectivity index (χ1) is 13.9. The molecule has 7 heteroatoms. The summed E-state index contributed by atoms with van der Waals surface area (Å²) in [7, 11) is 0. The monoisotopic (exact) mass is 401 g/mol. The van der Waals surface area contributed by atoms with Crippen molar-refractivity contribution in [1.82, 2.24) is 10.3 Å². The molecule has 1 amide bonds. The molecule has 29 heavy (non-hydrogen) atoms. The number of ether oxygens (including phenoxy) is 3. The number of pyridine rings is 1. The molecule has 0 aromatic carbocycles. The Balaban J connectivity index is 1.76. The number of rotatable bonds is 8. The average molecular weight is 402 g/mol. The molecule has 0 spiro atoms. The Labute approximate surface area is 172 Å². The zero-order valence-electron chi connectivity index (χ0n) is 17.7. The second-order valence-corrected chi connectivity index (χ2v) is 8.36. The molecule has 1 fully saturated rings. The molecule has 0 saturated carbocycles. The van der Waals surface area contributed by atoms with Gasteiger partial charge in [-0.2, -0.15) is 5.26 Å². The van der Waals surface area contributed by atoms with E-state index in [0.29, 0.717) is 25.1 Å². The van der Waals surface area contributed by atoms with Crippen molar-refractivity contribution in [3.8, 4) is 11.9 Å². The van der Waals surface area contributed by atoms with Crippen LogP contribution in [0.2, 0.25) is 0 Å². The summed E-state index contributed by atoms with van der Waals surface area (Å²) in [5.74, 6) is 0.0185. The van der Waals surface area contributed by atoms with Gasteiger partial charge in [0, 0.05) is 25.1 Å². The lowest BCUT2D eigenvalue weighted by Crippen LogP contribution is -2.35. The van der Waals surface area contributed by atoms with Gasteiger partial charge in [-0.3, -0.25) is 4.79 Å². The first-order valence-electron chi connectivity index (χ1n) is 10.5. The Morgan fingerprint density at radius 1 is 1.41 bits per heavy atom. The summed E-state index contributed by atoms with van der Waals surface area (Å²) in [5.41, 5.74) is 2.93. The number of carbonyl (C=O) groups is 1. The maximum atomic E-state index is 12.2. The van der Waals surface area contributed by atoms with Crippen LogP contribution in [0.5, 0.6) is 5.88 Å². The van der Waals surface area contributed by atoms with Crippen molar-refractivity contribution in [2.24, 2.45) is 0 Å². The first-order valence-corrected chi connectivity index (χ1v) is 10.5. The van der Waals surface area contributed by atoms with E-state index < -0.39 is 0 Å². The lowest BCUT2D eigenvalue weighted by atomic mass is 9.87. The normalized spacial score (nSPS) is 20.0. The van der Waals surface area contributed by atoms with Crippen LogP contribution in [-0.2, 0) is 33.7 Å². The van der Waals surface area contributed by atoms with Crippen LogP contribution in [0.25, 0.3) is 0 Å². The van der Waals surface area contributed by atoms with Crippen molar-refractivity contribution in [2.45, 2.75) is 77.6 Å². The summed E-state index contributed by atoms with van der Waals surface area (Å²) in [6.45, 7) is 7.68. The number of aromatic nitrogens is 1. The van der Waals surface area contributed by atoms with E-state index in [1.807, 2.05) is 13.8 Å². The highest BCUT2D eigenvalue weighted by Gasteiger charge is 2.32. The van der Waals surface area contributed by atoms with E-state index in [-0.39, 0.29) is 30.1 Å². The Bertz CT molecular complexity index is 779. The van der Waals surface area contributed by atoms with E-state index in [1.54, 1.807) is 0 Å². The van der Waals surface area contributed by atoms with Gasteiger partial charge in [-0.25, -0.2) is 4.98 Å². The molecular weight excluding hydrogens is 370 g/mol. The van der Waals surface area contributed by atoms with Crippen LogP contribution in [0.15, 0.2) is 0 Å². The molecule has 1 aromatic rings. The molecule has 1 N–H and O–H groups in total. The van der Waals surface area contributed by atoms with Gasteiger partial charge in [0.25, 0.3) is 5.91 Å². The third-order valence-corrected chi connectivity index (χ3v) is 5.44. The zero-order chi connectivity index (χ0) is 20.9. The SMILES string of the molecule is CCCCc1nc(OCC(=O)NC[C@H]2CCCO2)c(C#N)c2c1COC(C)(C)C2. The number of nitrogens with zero attached hydrogens (tertiary/aromatic N) is 2. The third-order valence-electron chi connectivity index (χ3n) is 5.44. The van der Waals surface area contributed by atoms with Crippen molar-refractivity contribution >= 4 is 5.91 Å². The molecule has 0 bridgehead atoms. The summed E-state index contributed by atoms with van der Waals surface area (Å²) >= 11 is 0. The molecule has 0 radical (unpaired) electrons. The van der Waals surface area contributed by atoms with Gasteiger partial charge in [-0.15, -0.1) is 0 Å². The zero-order valence-corrected chi connectivity index (χ0v) is 17.7. The Hall–Kier alpha value is -2.17. The summed E-state index contributed by atoms with van der Waals surface area (Å²) in [6, 6.07) is 2.25. The second-order valence-electron chi connectivity index (χ2n) is 8.36. The minimum atomic E-state index is -0.349. The van der Waals surface area contributed by atoms with Crippen LogP contribution >= 0.6 is 0 Å². The van der Waals surface area contributed by atoms with Crippen LogP contribution in [-0.4, -0.2) is 42.4 Å². The Morgan fingerprint density at radius 3 is 2.93 bits per heavy atom. The highest BCUT2D eigenvalue weighted by molar-refractivity contribution is 5.77. The molecule has 7 nitrogen and oxygen atoms in total. The minimum absolute atomic E-state index is 0.0818. The fourth-order valence-electron chi connectivity index (χ4n) is 3.80.